The number of thiophene rings is 1. The summed E-state index contributed by atoms with van der Waals surface area (Å²) < 4.78 is 28.7. The van der Waals surface area contributed by atoms with E-state index < -0.39 is 11.6 Å². The Hall–Kier alpha value is -0.910. The maximum atomic E-state index is 13.9. The largest absolute Gasteiger partial charge is 0.313 e. The molecular formula is C14H15F2NS2. The Bertz CT molecular complexity index is 503. The molecule has 1 aromatic heterocycles. The van der Waals surface area contributed by atoms with E-state index in [0.29, 0.717) is 12.1 Å². The van der Waals surface area contributed by atoms with E-state index in [4.69, 9.17) is 0 Å². The summed E-state index contributed by atoms with van der Waals surface area (Å²) in [4.78, 5) is 0.0710. The van der Waals surface area contributed by atoms with Crippen LogP contribution in [0, 0.1) is 11.6 Å². The third-order valence-corrected chi connectivity index (χ3v) is 4.64. The second-order valence-corrected chi connectivity index (χ2v) is 6.36. The molecule has 1 nitrogen and oxygen atoms in total. The average molecular weight is 299 g/mol. The van der Waals surface area contributed by atoms with Gasteiger partial charge < -0.3 is 5.32 Å². The van der Waals surface area contributed by atoms with Gasteiger partial charge in [-0.3, -0.25) is 0 Å². The van der Waals surface area contributed by atoms with Gasteiger partial charge >= 0.3 is 0 Å². The van der Waals surface area contributed by atoms with Gasteiger partial charge in [-0.1, -0.05) is 24.8 Å². The van der Waals surface area contributed by atoms with E-state index in [1.54, 1.807) is 0 Å². The van der Waals surface area contributed by atoms with Crippen molar-refractivity contribution in [1.82, 2.24) is 5.32 Å². The molecule has 0 unspecified atom stereocenters. The Morgan fingerprint density at radius 3 is 2.58 bits per heavy atom. The third kappa shape index (κ3) is 4.03. The fraction of sp³-hybridized carbons (Fsp3) is 0.286. The Kier molecular flexibility index (Phi) is 5.36. The van der Waals surface area contributed by atoms with Crippen LogP contribution in [0.2, 0.25) is 0 Å². The lowest BCUT2D eigenvalue weighted by Crippen LogP contribution is -2.14. The topological polar surface area (TPSA) is 12.0 Å². The zero-order chi connectivity index (χ0) is 13.7. The van der Waals surface area contributed by atoms with Crippen molar-refractivity contribution in [3.63, 3.8) is 0 Å². The van der Waals surface area contributed by atoms with Gasteiger partial charge in [0.25, 0.3) is 0 Å². The zero-order valence-corrected chi connectivity index (χ0v) is 12.2. The smallest absolute Gasteiger partial charge is 0.140 e. The highest BCUT2D eigenvalue weighted by molar-refractivity contribution is 8.01. The second kappa shape index (κ2) is 7.03. The molecule has 0 saturated heterocycles. The molecule has 2 rings (SSSR count). The molecule has 0 spiro atoms. The van der Waals surface area contributed by atoms with Crippen LogP contribution < -0.4 is 5.32 Å². The van der Waals surface area contributed by atoms with Crippen molar-refractivity contribution in [2.45, 2.75) is 29.0 Å². The lowest BCUT2D eigenvalue weighted by molar-refractivity contribution is 0.534. The first-order chi connectivity index (χ1) is 9.20. The van der Waals surface area contributed by atoms with Gasteiger partial charge in [0.05, 0.1) is 9.10 Å². The molecule has 0 saturated carbocycles. The van der Waals surface area contributed by atoms with Crippen molar-refractivity contribution in [3.8, 4) is 0 Å². The molecule has 0 radical (unpaired) electrons. The molecule has 0 bridgehead atoms. The molecule has 0 aliphatic carbocycles. The van der Waals surface area contributed by atoms with Gasteiger partial charge in [-0.2, -0.15) is 0 Å². The summed E-state index contributed by atoms with van der Waals surface area (Å²) >= 11 is 2.61. The molecule has 1 N–H and O–H groups in total. The normalized spacial score (nSPS) is 10.9. The quantitative estimate of drug-likeness (QED) is 0.777. The predicted octanol–water partition coefficient (Wildman–Crippen LogP) is 4.68. The third-order valence-electron chi connectivity index (χ3n) is 2.51. The number of hydrogen-bond acceptors (Lipinski definition) is 3. The monoisotopic (exact) mass is 299 g/mol. The summed E-state index contributed by atoms with van der Waals surface area (Å²) in [7, 11) is 0. The second-order valence-electron chi connectivity index (χ2n) is 4.10. The minimum atomic E-state index is -0.494. The highest BCUT2D eigenvalue weighted by Crippen LogP contribution is 2.35. The van der Waals surface area contributed by atoms with Crippen molar-refractivity contribution < 1.29 is 8.78 Å². The van der Waals surface area contributed by atoms with Crippen LogP contribution in [0.1, 0.15) is 18.9 Å². The predicted molar refractivity (Wildman–Crippen MR) is 76.8 cm³/mol. The molecule has 102 valence electrons. The molecule has 0 fully saturated rings. The Balaban J connectivity index is 2.12. The van der Waals surface area contributed by atoms with Crippen molar-refractivity contribution in [3.05, 3.63) is 46.8 Å². The van der Waals surface area contributed by atoms with E-state index >= 15 is 0 Å². The molecule has 19 heavy (non-hydrogen) atoms. The first-order valence-electron chi connectivity index (χ1n) is 6.10. The summed E-state index contributed by atoms with van der Waals surface area (Å²) in [5.74, 6) is -0.988. The molecule has 0 atom stereocenters. The minimum Gasteiger partial charge on any atom is -0.313 e. The first kappa shape index (κ1) is 14.5. The van der Waals surface area contributed by atoms with Crippen LogP contribution in [0.5, 0.6) is 0 Å². The van der Waals surface area contributed by atoms with Crippen LogP contribution in [0.15, 0.2) is 38.8 Å². The van der Waals surface area contributed by atoms with Gasteiger partial charge in [-0.15, -0.1) is 11.3 Å². The number of nitrogens with one attached hydrogen (secondary N) is 1. The molecule has 0 amide bonds. The zero-order valence-electron chi connectivity index (χ0n) is 10.6. The highest BCUT2D eigenvalue weighted by Gasteiger charge is 2.13. The van der Waals surface area contributed by atoms with Crippen LogP contribution in [0.25, 0.3) is 0 Å². The summed E-state index contributed by atoms with van der Waals surface area (Å²) in [6.45, 7) is 3.38. The van der Waals surface area contributed by atoms with Crippen LogP contribution in [0.4, 0.5) is 8.78 Å². The average Bonchev–Trinajstić information content (AvgIpc) is 2.87. The molecule has 5 heteroatoms. The summed E-state index contributed by atoms with van der Waals surface area (Å²) in [5, 5.41) is 5.02. The van der Waals surface area contributed by atoms with E-state index in [1.807, 2.05) is 17.5 Å². The van der Waals surface area contributed by atoms with Gasteiger partial charge in [0.1, 0.15) is 11.6 Å². The SMILES string of the molecule is CCCNCc1cc(F)c(Sc2cccs2)c(F)c1. The van der Waals surface area contributed by atoms with Crippen molar-refractivity contribution in [1.29, 1.82) is 0 Å². The lowest BCUT2D eigenvalue weighted by Gasteiger charge is -2.08. The number of rotatable bonds is 6. The number of benzene rings is 1. The molecule has 0 aliphatic rings. The first-order valence-corrected chi connectivity index (χ1v) is 7.80. The maximum Gasteiger partial charge on any atom is 0.140 e. The van der Waals surface area contributed by atoms with Gasteiger partial charge in [-0.25, -0.2) is 8.78 Å². The van der Waals surface area contributed by atoms with E-state index in [-0.39, 0.29) is 4.90 Å². The maximum absolute atomic E-state index is 13.9. The Labute approximate surface area is 120 Å². The van der Waals surface area contributed by atoms with Crippen LogP contribution in [-0.4, -0.2) is 6.54 Å². The van der Waals surface area contributed by atoms with E-state index in [1.165, 1.54) is 23.5 Å². The van der Waals surface area contributed by atoms with Crippen molar-refractivity contribution in [2.24, 2.45) is 0 Å². The van der Waals surface area contributed by atoms with Crippen LogP contribution in [-0.2, 0) is 6.54 Å². The van der Waals surface area contributed by atoms with Gasteiger partial charge in [0, 0.05) is 6.54 Å². The van der Waals surface area contributed by atoms with E-state index in [2.05, 4.69) is 12.2 Å². The van der Waals surface area contributed by atoms with E-state index in [9.17, 15) is 8.78 Å². The molecule has 0 aliphatic heterocycles. The van der Waals surface area contributed by atoms with Gasteiger partial charge in [-0.05, 0) is 42.1 Å². The number of halogens is 2. The van der Waals surface area contributed by atoms with E-state index in [0.717, 1.165) is 28.9 Å². The minimum absolute atomic E-state index is 0.0710. The summed E-state index contributed by atoms with van der Waals surface area (Å²) in [6.07, 6.45) is 0.997. The Morgan fingerprint density at radius 1 is 1.26 bits per heavy atom. The Morgan fingerprint density at radius 2 is 2.00 bits per heavy atom. The molecule has 1 heterocycles. The lowest BCUT2D eigenvalue weighted by atomic mass is 10.2. The van der Waals surface area contributed by atoms with Gasteiger partial charge in [0.2, 0.25) is 0 Å². The summed E-state index contributed by atoms with van der Waals surface area (Å²) in [5.41, 5.74) is 0.638. The summed E-state index contributed by atoms with van der Waals surface area (Å²) in [6, 6.07) is 6.53. The fourth-order valence-electron chi connectivity index (χ4n) is 1.64. The van der Waals surface area contributed by atoms with Crippen LogP contribution in [0.3, 0.4) is 0 Å². The molecule has 2 aromatic rings. The number of hydrogen-bond donors (Lipinski definition) is 1. The van der Waals surface area contributed by atoms with Crippen molar-refractivity contribution >= 4 is 23.1 Å². The molecule has 1 aromatic carbocycles. The highest BCUT2D eigenvalue weighted by atomic mass is 32.2. The van der Waals surface area contributed by atoms with Crippen molar-refractivity contribution in [2.75, 3.05) is 6.54 Å². The van der Waals surface area contributed by atoms with Gasteiger partial charge in [0.15, 0.2) is 0 Å². The van der Waals surface area contributed by atoms with Crippen LogP contribution >= 0.6 is 23.1 Å². The standard InChI is InChI=1S/C14H15F2NS2/c1-2-5-17-9-10-7-11(15)14(12(16)8-10)19-13-4-3-6-18-13/h3-4,6-8,17H,2,5,9H2,1H3. The molecular weight excluding hydrogens is 284 g/mol. The fourth-order valence-corrected chi connectivity index (χ4v) is 3.36.